The smallest absolute Gasteiger partial charge is 0.331 e. The summed E-state index contributed by atoms with van der Waals surface area (Å²) >= 11 is 0. The Morgan fingerprint density at radius 3 is 1.89 bits per heavy atom. The number of carboxylic acid groups (broad SMARTS) is 1. The van der Waals surface area contributed by atoms with Crippen molar-refractivity contribution in [3.05, 3.63) is 137 Å². The minimum Gasteiger partial charge on any atom is -0.478 e. The average Bonchev–Trinajstić information content (AvgIpc) is 1.45. The third-order valence-electron chi connectivity index (χ3n) is 16.2. The number of carboxylic acids is 1. The summed E-state index contributed by atoms with van der Waals surface area (Å²) in [6, 6.07) is 26.9. The molecule has 5 atom stereocenters. The van der Waals surface area contributed by atoms with E-state index < -0.39 is 58.8 Å². The number of nitrogens with one attached hydrogen (secondary N) is 4. The number of carbonyl (C=O) groups is 8. The van der Waals surface area contributed by atoms with Crippen LogP contribution in [0.3, 0.4) is 0 Å². The van der Waals surface area contributed by atoms with Gasteiger partial charge in [-0.25, -0.2) is 4.79 Å². The molecule has 1 aromatic heterocycles. The number of fused-ring (bicyclic) bond motifs is 5. The second-order valence-corrected chi connectivity index (χ2v) is 27.8. The predicted octanol–water partition coefficient (Wildman–Crippen LogP) is 11.3. The number of ketones is 2. The van der Waals surface area contributed by atoms with Crippen LogP contribution >= 0.6 is 0 Å². The van der Waals surface area contributed by atoms with E-state index in [-0.39, 0.29) is 85.4 Å². The SMILES string of the molecule is CC(C)(C)C.CN[C@H](C(=O)N[C@H](C(=O)N(C)[C@H](/C=C(\C)C(=O)O)C(C)C)C(C)(C)C)C(C)(C)c1cccc(CC(=O)OCc2ccc(CC(=O)[C@H](C)NC(=O)[C@@H](CC(=O)CCCCC(=O)N3Cc4ccccc4-c4n[nH]nc4-c4ccccc43)C(C)C)cc2)c1. The van der Waals surface area contributed by atoms with E-state index in [0.717, 1.165) is 33.6 Å². The van der Waals surface area contributed by atoms with Gasteiger partial charge in [-0.15, -0.1) is 0 Å². The second-order valence-electron chi connectivity index (χ2n) is 27.8. The summed E-state index contributed by atoms with van der Waals surface area (Å²) in [5, 5.41) is 30.2. The largest absolute Gasteiger partial charge is 0.478 e. The van der Waals surface area contributed by atoms with Crippen LogP contribution in [0.2, 0.25) is 0 Å². The second kappa shape index (κ2) is 32.1. The number of H-pyrrole nitrogens is 1. The van der Waals surface area contributed by atoms with Gasteiger partial charge in [0.25, 0.3) is 0 Å². The molecule has 1 aliphatic heterocycles. The van der Waals surface area contributed by atoms with Crippen molar-refractivity contribution in [2.45, 2.75) is 192 Å². The van der Waals surface area contributed by atoms with E-state index in [4.69, 9.17) is 4.74 Å². The fourth-order valence-electron chi connectivity index (χ4n) is 10.9. The Morgan fingerprint density at radius 2 is 1.29 bits per heavy atom. The highest BCUT2D eigenvalue weighted by Gasteiger charge is 2.42. The van der Waals surface area contributed by atoms with E-state index in [2.05, 4.69) is 59.1 Å². The zero-order valence-electron chi connectivity index (χ0n) is 56.1. The number of anilines is 1. The van der Waals surface area contributed by atoms with Gasteiger partial charge in [-0.2, -0.15) is 15.4 Å². The number of hydrogen-bond donors (Lipinski definition) is 5. The number of carbonyl (C=O) groups excluding carboxylic acids is 7. The van der Waals surface area contributed by atoms with Crippen molar-refractivity contribution in [2.75, 3.05) is 19.0 Å². The van der Waals surface area contributed by atoms with Gasteiger partial charge in [0.2, 0.25) is 23.6 Å². The van der Waals surface area contributed by atoms with Crippen LogP contribution in [0.1, 0.15) is 164 Å². The fourth-order valence-corrected chi connectivity index (χ4v) is 10.9. The number of benzene rings is 4. The minimum atomic E-state index is -1.08. The number of Topliss-reactive ketones (excluding diaryl/α,β-unsaturated/α-hetero) is 2. The Morgan fingerprint density at radius 1 is 0.700 bits per heavy atom. The van der Waals surface area contributed by atoms with Gasteiger partial charge in [0.15, 0.2) is 5.78 Å². The van der Waals surface area contributed by atoms with Crippen LogP contribution in [0.4, 0.5) is 5.69 Å². The van der Waals surface area contributed by atoms with E-state index >= 15 is 0 Å². The Kier molecular flexibility index (Phi) is 25.9. The lowest BCUT2D eigenvalue weighted by atomic mass is 9.76. The first kappa shape index (κ1) is 72.6. The molecule has 0 saturated heterocycles. The van der Waals surface area contributed by atoms with Gasteiger partial charge in [0.1, 0.15) is 29.8 Å². The zero-order valence-corrected chi connectivity index (χ0v) is 56.1. The third kappa shape index (κ3) is 20.5. The van der Waals surface area contributed by atoms with E-state index in [1.807, 2.05) is 135 Å². The number of rotatable bonds is 27. The number of unbranched alkanes of at least 4 members (excludes halogenated alkanes) is 1. The maximum Gasteiger partial charge on any atom is 0.331 e. The molecule has 5 aromatic rings. The lowest BCUT2D eigenvalue weighted by molar-refractivity contribution is -0.144. The van der Waals surface area contributed by atoms with Crippen molar-refractivity contribution >= 4 is 52.8 Å². The Balaban J connectivity index is 0.00000283. The maximum atomic E-state index is 14.2. The van der Waals surface area contributed by atoms with Crippen LogP contribution in [0, 0.1) is 28.6 Å². The van der Waals surface area contributed by atoms with Gasteiger partial charge >= 0.3 is 11.9 Å². The highest BCUT2D eigenvalue weighted by molar-refractivity contribution is 6.00. The molecule has 6 rings (SSSR count). The molecule has 0 radical (unpaired) electrons. The first-order chi connectivity index (χ1) is 42.1. The molecule has 0 fully saturated rings. The van der Waals surface area contributed by atoms with Crippen molar-refractivity contribution in [3.63, 3.8) is 0 Å². The zero-order chi connectivity index (χ0) is 67.0. The summed E-state index contributed by atoms with van der Waals surface area (Å²) in [6.45, 7) is 29.2. The van der Waals surface area contributed by atoms with E-state index in [1.54, 1.807) is 56.3 Å². The lowest BCUT2D eigenvalue weighted by Crippen LogP contribution is -2.61. The number of nitrogens with zero attached hydrogens (tertiary/aromatic N) is 4. The topological polar surface area (TPSA) is 250 Å². The highest BCUT2D eigenvalue weighted by atomic mass is 16.5. The Bertz CT molecular complexity index is 3340. The molecule has 2 heterocycles. The number of amides is 4. The Labute approximate surface area is 533 Å². The minimum absolute atomic E-state index is 0.00840. The van der Waals surface area contributed by atoms with Crippen molar-refractivity contribution in [1.29, 1.82) is 0 Å². The van der Waals surface area contributed by atoms with Gasteiger partial charge in [-0.1, -0.05) is 187 Å². The number of hydrogen-bond acceptors (Lipinski definition) is 12. The molecule has 18 nitrogen and oxygen atoms in total. The number of ether oxygens (including phenoxy) is 1. The molecule has 0 unspecified atom stereocenters. The molecule has 486 valence electrons. The molecule has 90 heavy (non-hydrogen) atoms. The first-order valence-electron chi connectivity index (χ1n) is 31.3. The van der Waals surface area contributed by atoms with Crippen LogP contribution in [0.25, 0.3) is 22.5 Å². The van der Waals surface area contributed by atoms with E-state index in [1.165, 1.54) is 11.8 Å². The van der Waals surface area contributed by atoms with Crippen LogP contribution in [0.5, 0.6) is 0 Å². The van der Waals surface area contributed by atoms with E-state index in [0.29, 0.717) is 47.2 Å². The summed E-state index contributed by atoms with van der Waals surface area (Å²) in [7, 11) is 3.29. The molecule has 0 aliphatic carbocycles. The fraction of sp³-hybridized carbons (Fsp3) is 0.500. The molecule has 4 amide bonds. The molecule has 5 N–H and O–H groups in total. The molecular weight excluding hydrogens is 1140 g/mol. The average molecular weight is 1240 g/mol. The number of esters is 1. The molecular formula is C72H98N8O10. The van der Waals surface area contributed by atoms with Crippen LogP contribution in [0.15, 0.2) is 109 Å². The number of aliphatic carboxylic acids is 1. The summed E-state index contributed by atoms with van der Waals surface area (Å²) in [5.41, 5.74) is 6.72. The summed E-state index contributed by atoms with van der Waals surface area (Å²) < 4.78 is 5.67. The Hall–Kier alpha value is -8.12. The highest BCUT2D eigenvalue weighted by Crippen LogP contribution is 2.40. The number of likely N-dealkylation sites (N-methyl/N-ethyl adjacent to an activating group) is 2. The van der Waals surface area contributed by atoms with Gasteiger partial charge in [-0.3, -0.25) is 33.6 Å². The number of aromatic amines is 1. The standard InChI is InChI=1S/C67H86N8O10.C5H12/c1-40(2)52(37-49(76)24-15-19-28-56(78)75-38-47-22-14-16-25-50(47)58-59(72-73-71-58)51-26-17-18-27-53(51)75)62(80)69-43(6)55(77)35-44-29-31-45(32-30-44)39-85-57(79)36-46-21-20-23-48(34-46)67(10,11)60(68-12)63(81)70-61(66(7,8)9)64(82)74(13)54(41(3)4)33-42(5)65(83)84;1-5(2,3)4/h14,16-18,20-23,25-27,29-34,40-41,43,52,54,60-61,68H,15,19,24,28,35-39H2,1-13H3,(H,69,80)(H,70,81)(H,83,84)(H,71,72,73);1-4H3/b42-33+;/t43-,52-,54+,60+,61+;/m0./s1. The van der Waals surface area contributed by atoms with Crippen LogP contribution < -0.4 is 20.9 Å². The number of para-hydroxylation sites is 1. The lowest BCUT2D eigenvalue weighted by Gasteiger charge is -2.40. The summed E-state index contributed by atoms with van der Waals surface area (Å²) in [5.74, 6) is -3.95. The maximum absolute atomic E-state index is 14.2. The molecule has 1 aliphatic rings. The molecule has 0 bridgehead atoms. The van der Waals surface area contributed by atoms with Crippen LogP contribution in [-0.4, -0.2) is 111 Å². The normalized spacial score (nSPS) is 14.2. The third-order valence-corrected chi connectivity index (χ3v) is 16.2. The monoisotopic (exact) mass is 1230 g/mol. The number of aromatic nitrogens is 3. The van der Waals surface area contributed by atoms with Gasteiger partial charge in [0.05, 0.1) is 36.8 Å². The quantitative estimate of drug-likeness (QED) is 0.0187. The molecule has 18 heteroatoms. The summed E-state index contributed by atoms with van der Waals surface area (Å²) in [6.07, 6.45) is 3.00. The van der Waals surface area contributed by atoms with Gasteiger partial charge in [0, 0.05) is 60.8 Å². The molecule has 0 saturated carbocycles. The van der Waals surface area contributed by atoms with Crippen LogP contribution in [-0.2, 0) is 74.5 Å². The first-order valence-corrected chi connectivity index (χ1v) is 31.3. The molecule has 0 spiro atoms. The van der Waals surface area contributed by atoms with Crippen molar-refractivity contribution < 1.29 is 48.2 Å². The van der Waals surface area contributed by atoms with Gasteiger partial charge < -0.3 is 35.6 Å². The predicted molar refractivity (Wildman–Crippen MR) is 353 cm³/mol. The van der Waals surface area contributed by atoms with Crippen molar-refractivity contribution in [1.82, 2.24) is 36.3 Å². The van der Waals surface area contributed by atoms with Gasteiger partial charge in [-0.05, 0) is 90.3 Å². The van der Waals surface area contributed by atoms with E-state index in [9.17, 15) is 43.5 Å². The summed E-state index contributed by atoms with van der Waals surface area (Å²) in [4.78, 5) is 111. The van der Waals surface area contributed by atoms with Crippen molar-refractivity contribution in [2.24, 2.45) is 28.6 Å². The van der Waals surface area contributed by atoms with Crippen molar-refractivity contribution in [3.8, 4) is 22.5 Å². The molecule has 4 aromatic carbocycles.